The number of benzene rings is 1. The van der Waals surface area contributed by atoms with Gasteiger partial charge in [-0.05, 0) is 43.5 Å². The molecule has 1 aromatic rings. The van der Waals surface area contributed by atoms with E-state index in [0.717, 1.165) is 56.8 Å². The average Bonchev–Trinajstić information content (AvgIpc) is 2.59. The summed E-state index contributed by atoms with van der Waals surface area (Å²) in [4.78, 5) is 2.40. The molecule has 2 aliphatic heterocycles. The van der Waals surface area contributed by atoms with Crippen LogP contribution in [0.2, 0.25) is 5.02 Å². The number of nitrogens with one attached hydrogen (secondary N) is 1. The molecule has 2 saturated heterocycles. The maximum Gasteiger partial charge on any atom is 0.0594 e. The smallest absolute Gasteiger partial charge is 0.0594 e. The Balaban J connectivity index is 1.61. The van der Waals surface area contributed by atoms with Crippen molar-refractivity contribution in [3.8, 4) is 0 Å². The Morgan fingerprint density at radius 3 is 2.83 bits per heavy atom. The Labute approximate surface area is 144 Å². The summed E-state index contributed by atoms with van der Waals surface area (Å²) in [5.41, 5.74) is 2.33. The first-order valence-corrected chi connectivity index (χ1v) is 9.03. The molecule has 0 aromatic heterocycles. The van der Waals surface area contributed by atoms with E-state index in [1.54, 1.807) is 0 Å². The molecule has 2 heterocycles. The third-order valence-electron chi connectivity index (χ3n) is 4.84. The van der Waals surface area contributed by atoms with Gasteiger partial charge in [-0.25, -0.2) is 0 Å². The molecule has 128 valence electrons. The van der Waals surface area contributed by atoms with Crippen LogP contribution in [0.5, 0.6) is 0 Å². The molecule has 1 N–H and O–H groups in total. The highest BCUT2D eigenvalue weighted by atomic mass is 35.5. The summed E-state index contributed by atoms with van der Waals surface area (Å²) in [5, 5.41) is 4.48. The molecule has 3 rings (SSSR count). The van der Waals surface area contributed by atoms with Crippen molar-refractivity contribution >= 4 is 17.3 Å². The summed E-state index contributed by atoms with van der Waals surface area (Å²) in [6.45, 7) is 8.49. The number of nitrogens with zero attached hydrogens (tertiary/aromatic N) is 1. The van der Waals surface area contributed by atoms with Crippen LogP contribution >= 0.6 is 11.6 Å². The summed E-state index contributed by atoms with van der Waals surface area (Å²) < 4.78 is 11.0. The van der Waals surface area contributed by atoms with E-state index in [1.165, 1.54) is 18.4 Å². The van der Waals surface area contributed by atoms with Crippen LogP contribution in [0.1, 0.15) is 25.3 Å². The number of anilines is 1. The first-order chi connectivity index (χ1) is 11.2. The van der Waals surface area contributed by atoms with Gasteiger partial charge < -0.3 is 14.8 Å². The number of morpholine rings is 1. The molecule has 0 spiro atoms. The zero-order valence-electron chi connectivity index (χ0n) is 13.9. The van der Waals surface area contributed by atoms with Gasteiger partial charge in [0.15, 0.2) is 0 Å². The van der Waals surface area contributed by atoms with Crippen LogP contribution in [0.15, 0.2) is 18.2 Å². The van der Waals surface area contributed by atoms with Gasteiger partial charge in [0.05, 0.1) is 19.8 Å². The molecule has 0 aliphatic carbocycles. The fraction of sp³-hybridized carbons (Fsp3) is 0.667. The molecule has 0 bridgehead atoms. The zero-order valence-corrected chi connectivity index (χ0v) is 14.6. The Bertz CT molecular complexity index is 500. The van der Waals surface area contributed by atoms with E-state index in [9.17, 15) is 0 Å². The summed E-state index contributed by atoms with van der Waals surface area (Å²) in [7, 11) is 0. The second-order valence-electron chi connectivity index (χ2n) is 6.60. The highest BCUT2D eigenvalue weighted by Crippen LogP contribution is 2.25. The van der Waals surface area contributed by atoms with Gasteiger partial charge in [0.25, 0.3) is 0 Å². The largest absolute Gasteiger partial charge is 0.382 e. The monoisotopic (exact) mass is 338 g/mol. The van der Waals surface area contributed by atoms with Crippen LogP contribution in [0.4, 0.5) is 5.69 Å². The number of rotatable bonds is 5. The van der Waals surface area contributed by atoms with E-state index in [1.807, 2.05) is 6.07 Å². The lowest BCUT2D eigenvalue weighted by Crippen LogP contribution is -2.35. The average molecular weight is 339 g/mol. The lowest BCUT2D eigenvalue weighted by Gasteiger charge is -2.30. The molecular weight excluding hydrogens is 312 g/mol. The Hall–Kier alpha value is -0.810. The van der Waals surface area contributed by atoms with Gasteiger partial charge in [-0.15, -0.1) is 0 Å². The minimum Gasteiger partial charge on any atom is -0.382 e. The fourth-order valence-electron chi connectivity index (χ4n) is 3.33. The quantitative estimate of drug-likeness (QED) is 0.892. The van der Waals surface area contributed by atoms with Crippen LogP contribution in [0.3, 0.4) is 0 Å². The summed E-state index contributed by atoms with van der Waals surface area (Å²) in [6.07, 6.45) is 2.40. The van der Waals surface area contributed by atoms with E-state index in [2.05, 4.69) is 29.3 Å². The topological polar surface area (TPSA) is 33.7 Å². The molecule has 4 nitrogen and oxygen atoms in total. The second kappa shape index (κ2) is 8.34. The van der Waals surface area contributed by atoms with Gasteiger partial charge in [-0.3, -0.25) is 4.90 Å². The van der Waals surface area contributed by atoms with E-state index in [-0.39, 0.29) is 0 Å². The number of halogens is 1. The van der Waals surface area contributed by atoms with Crippen molar-refractivity contribution in [2.24, 2.45) is 5.92 Å². The van der Waals surface area contributed by atoms with Crippen LogP contribution < -0.4 is 5.32 Å². The van der Waals surface area contributed by atoms with Crippen LogP contribution in [0.25, 0.3) is 0 Å². The van der Waals surface area contributed by atoms with Crippen LogP contribution in [-0.2, 0) is 16.0 Å². The predicted molar refractivity (Wildman–Crippen MR) is 94.2 cm³/mol. The van der Waals surface area contributed by atoms with Gasteiger partial charge in [0.2, 0.25) is 0 Å². The van der Waals surface area contributed by atoms with Crippen molar-refractivity contribution in [3.63, 3.8) is 0 Å². The van der Waals surface area contributed by atoms with Crippen molar-refractivity contribution in [1.29, 1.82) is 0 Å². The molecule has 2 fully saturated rings. The van der Waals surface area contributed by atoms with E-state index < -0.39 is 0 Å². The molecule has 0 amide bonds. The second-order valence-corrected chi connectivity index (χ2v) is 7.01. The van der Waals surface area contributed by atoms with Gasteiger partial charge >= 0.3 is 0 Å². The lowest BCUT2D eigenvalue weighted by molar-refractivity contribution is 0.0342. The summed E-state index contributed by atoms with van der Waals surface area (Å²) in [6, 6.07) is 6.68. The number of ether oxygens (including phenoxy) is 2. The van der Waals surface area contributed by atoms with Crippen molar-refractivity contribution in [1.82, 2.24) is 4.90 Å². The third kappa shape index (κ3) is 4.83. The van der Waals surface area contributed by atoms with Crippen molar-refractivity contribution in [3.05, 3.63) is 28.8 Å². The SMILES string of the molecule is C[C@H](Nc1ccc(Cl)c(CN2CCOCC2)c1)[C@H]1CCCOC1. The van der Waals surface area contributed by atoms with Crippen molar-refractivity contribution in [2.45, 2.75) is 32.4 Å². The normalized spacial score (nSPS) is 24.3. The highest BCUT2D eigenvalue weighted by molar-refractivity contribution is 6.31. The minimum atomic E-state index is 0.410. The van der Waals surface area contributed by atoms with E-state index >= 15 is 0 Å². The number of hydrogen-bond acceptors (Lipinski definition) is 4. The molecule has 0 radical (unpaired) electrons. The molecule has 1 aromatic carbocycles. The zero-order chi connectivity index (χ0) is 16.1. The van der Waals surface area contributed by atoms with Gasteiger partial charge in [0, 0.05) is 48.9 Å². The molecule has 23 heavy (non-hydrogen) atoms. The molecule has 2 aliphatic rings. The van der Waals surface area contributed by atoms with Crippen LogP contribution in [-0.4, -0.2) is 50.5 Å². The maximum absolute atomic E-state index is 6.39. The third-order valence-corrected chi connectivity index (χ3v) is 5.21. The lowest BCUT2D eigenvalue weighted by atomic mass is 9.94. The van der Waals surface area contributed by atoms with E-state index in [4.69, 9.17) is 21.1 Å². The molecule has 0 unspecified atom stereocenters. The molecule has 2 atom stereocenters. The predicted octanol–water partition coefficient (Wildman–Crippen LogP) is 3.40. The number of hydrogen-bond donors (Lipinski definition) is 1. The molecule has 0 saturated carbocycles. The Morgan fingerprint density at radius 2 is 2.09 bits per heavy atom. The summed E-state index contributed by atoms with van der Waals surface area (Å²) >= 11 is 6.39. The fourth-order valence-corrected chi connectivity index (χ4v) is 3.50. The summed E-state index contributed by atoms with van der Waals surface area (Å²) in [5.74, 6) is 0.585. The first-order valence-electron chi connectivity index (χ1n) is 8.65. The van der Waals surface area contributed by atoms with Crippen LogP contribution in [0, 0.1) is 5.92 Å². The molecular formula is C18H27ClN2O2. The standard InChI is InChI=1S/C18H27ClN2O2/c1-14(15-3-2-8-23-13-15)20-17-4-5-18(19)16(11-17)12-21-6-9-22-10-7-21/h4-5,11,14-15,20H,2-3,6-10,12-13H2,1H3/t14-,15-/m0/s1. The maximum atomic E-state index is 6.39. The van der Waals surface area contributed by atoms with Gasteiger partial charge in [-0.2, -0.15) is 0 Å². The first kappa shape index (κ1) is 17.0. The van der Waals surface area contributed by atoms with Crippen molar-refractivity contribution < 1.29 is 9.47 Å². The minimum absolute atomic E-state index is 0.410. The molecule has 5 heteroatoms. The Kier molecular flexibility index (Phi) is 6.17. The Morgan fingerprint density at radius 1 is 1.26 bits per heavy atom. The highest BCUT2D eigenvalue weighted by Gasteiger charge is 2.21. The van der Waals surface area contributed by atoms with Gasteiger partial charge in [-0.1, -0.05) is 11.6 Å². The van der Waals surface area contributed by atoms with Gasteiger partial charge in [0.1, 0.15) is 0 Å². The van der Waals surface area contributed by atoms with Crippen molar-refractivity contribution in [2.75, 3.05) is 44.8 Å². The van der Waals surface area contributed by atoms with E-state index in [0.29, 0.717) is 12.0 Å².